The molecule has 8 heteroatoms. The van der Waals surface area contributed by atoms with Crippen molar-refractivity contribution < 1.29 is 4.79 Å². The van der Waals surface area contributed by atoms with E-state index in [0.717, 1.165) is 79.6 Å². The molecule has 178 valence electrons. The van der Waals surface area contributed by atoms with E-state index in [0.29, 0.717) is 17.9 Å². The topological polar surface area (TPSA) is 95.9 Å². The van der Waals surface area contributed by atoms with Crippen LogP contribution in [0.4, 0.5) is 11.6 Å². The van der Waals surface area contributed by atoms with Crippen LogP contribution in [0.3, 0.4) is 0 Å². The third-order valence-electron chi connectivity index (χ3n) is 7.09. The second kappa shape index (κ2) is 10.0. The van der Waals surface area contributed by atoms with Gasteiger partial charge in [-0.05, 0) is 51.7 Å². The molecule has 0 atom stereocenters. The van der Waals surface area contributed by atoms with Crippen LogP contribution in [0.15, 0.2) is 36.9 Å². The monoisotopic (exact) mass is 459 g/mol. The highest BCUT2D eigenvalue weighted by molar-refractivity contribution is 5.94. The van der Waals surface area contributed by atoms with E-state index >= 15 is 0 Å². The number of hydrogen-bond donors (Lipinski definition) is 2. The molecule has 2 N–H and O–H groups in total. The normalized spacial score (nSPS) is 18.0. The van der Waals surface area contributed by atoms with Gasteiger partial charge in [-0.15, -0.1) is 0 Å². The number of hydrogen-bond acceptors (Lipinski definition) is 7. The molecule has 1 aliphatic carbocycles. The largest absolute Gasteiger partial charge is 0.366 e. The van der Waals surface area contributed by atoms with Gasteiger partial charge in [0.15, 0.2) is 0 Å². The average molecular weight is 460 g/mol. The fraction of sp³-hybridized carbons (Fsp3) is 0.500. The van der Waals surface area contributed by atoms with Crippen LogP contribution < -0.4 is 10.6 Å². The highest BCUT2D eigenvalue weighted by Gasteiger charge is 2.23. The summed E-state index contributed by atoms with van der Waals surface area (Å²) in [6.45, 7) is 6.71. The van der Waals surface area contributed by atoms with E-state index < -0.39 is 0 Å². The number of carbonyl (C=O) groups is 1. The van der Waals surface area contributed by atoms with Gasteiger partial charge in [-0.25, -0.2) is 9.97 Å². The number of carbonyl (C=O) groups excluding carboxylic acids is 1. The molecule has 2 fully saturated rings. The van der Waals surface area contributed by atoms with Gasteiger partial charge in [0.2, 0.25) is 5.91 Å². The Hall–Kier alpha value is -3.13. The van der Waals surface area contributed by atoms with Gasteiger partial charge >= 0.3 is 0 Å². The van der Waals surface area contributed by atoms with Gasteiger partial charge in [0.1, 0.15) is 11.6 Å². The molecular weight excluding hydrogens is 426 g/mol. The van der Waals surface area contributed by atoms with Crippen LogP contribution in [0.2, 0.25) is 0 Å². The summed E-state index contributed by atoms with van der Waals surface area (Å²) in [7, 11) is 0. The number of piperidine rings is 1. The van der Waals surface area contributed by atoms with Crippen LogP contribution in [0, 0.1) is 5.92 Å². The number of aromatic nitrogens is 4. The Morgan fingerprint density at radius 3 is 2.53 bits per heavy atom. The van der Waals surface area contributed by atoms with Crippen molar-refractivity contribution in [3.63, 3.8) is 0 Å². The lowest BCUT2D eigenvalue weighted by molar-refractivity contribution is -0.119. The molecule has 1 saturated carbocycles. The first kappa shape index (κ1) is 22.7. The number of pyridine rings is 2. The highest BCUT2D eigenvalue weighted by Crippen LogP contribution is 2.27. The number of nitrogens with zero attached hydrogens (tertiary/aromatic N) is 5. The number of rotatable bonds is 6. The van der Waals surface area contributed by atoms with E-state index in [1.807, 2.05) is 12.1 Å². The average Bonchev–Trinajstić information content (AvgIpc) is 3.39. The summed E-state index contributed by atoms with van der Waals surface area (Å²) in [6.07, 6.45) is 13.4. The Kier molecular flexibility index (Phi) is 6.67. The van der Waals surface area contributed by atoms with Crippen molar-refractivity contribution in [3.05, 3.63) is 36.9 Å². The van der Waals surface area contributed by atoms with Crippen LogP contribution in [0.1, 0.15) is 52.4 Å². The molecule has 1 aliphatic heterocycles. The summed E-state index contributed by atoms with van der Waals surface area (Å²) in [5, 5.41) is 7.46. The fourth-order valence-electron chi connectivity index (χ4n) is 5.00. The molecule has 8 nitrogen and oxygen atoms in total. The molecule has 0 bridgehead atoms. The quantitative estimate of drug-likeness (QED) is 0.560. The number of fused-ring (bicyclic) bond motifs is 1. The first-order valence-electron chi connectivity index (χ1n) is 12.4. The predicted molar refractivity (Wildman–Crippen MR) is 135 cm³/mol. The Labute approximate surface area is 200 Å². The molecule has 34 heavy (non-hydrogen) atoms. The Bertz CT molecular complexity index is 1150. The van der Waals surface area contributed by atoms with Crippen LogP contribution >= 0.6 is 0 Å². The van der Waals surface area contributed by atoms with Crippen molar-refractivity contribution in [1.29, 1.82) is 0 Å². The molecule has 2 aliphatic rings. The van der Waals surface area contributed by atoms with Crippen molar-refractivity contribution in [1.82, 2.24) is 24.8 Å². The van der Waals surface area contributed by atoms with Gasteiger partial charge in [0.25, 0.3) is 0 Å². The Morgan fingerprint density at radius 2 is 1.76 bits per heavy atom. The van der Waals surface area contributed by atoms with Gasteiger partial charge in [0, 0.05) is 48.2 Å². The molecule has 1 saturated heterocycles. The van der Waals surface area contributed by atoms with Crippen LogP contribution in [-0.4, -0.2) is 55.9 Å². The molecule has 4 heterocycles. The third-order valence-corrected chi connectivity index (χ3v) is 7.09. The first-order valence-corrected chi connectivity index (χ1v) is 12.4. The maximum atomic E-state index is 12.5. The van der Waals surface area contributed by atoms with E-state index in [9.17, 15) is 4.79 Å². The zero-order chi connectivity index (χ0) is 23.5. The molecule has 3 aromatic heterocycles. The van der Waals surface area contributed by atoms with Crippen LogP contribution in [-0.2, 0) is 4.79 Å². The summed E-state index contributed by atoms with van der Waals surface area (Å²) in [4.78, 5) is 33.2. The molecule has 0 unspecified atom stereocenters. The minimum Gasteiger partial charge on any atom is -0.366 e. The maximum absolute atomic E-state index is 12.5. The smallest absolute Gasteiger partial charge is 0.228 e. The summed E-state index contributed by atoms with van der Waals surface area (Å²) < 4.78 is 0. The third kappa shape index (κ3) is 5.17. The van der Waals surface area contributed by atoms with Gasteiger partial charge in [0.05, 0.1) is 29.8 Å². The predicted octanol–water partition coefficient (Wildman–Crippen LogP) is 4.50. The number of anilines is 2. The van der Waals surface area contributed by atoms with E-state index in [2.05, 4.69) is 44.3 Å². The summed E-state index contributed by atoms with van der Waals surface area (Å²) in [5.74, 6) is 1.53. The van der Waals surface area contributed by atoms with Crippen molar-refractivity contribution in [2.24, 2.45) is 5.92 Å². The lowest BCUT2D eigenvalue weighted by Gasteiger charge is -2.35. The molecule has 5 rings (SSSR count). The Morgan fingerprint density at radius 1 is 0.971 bits per heavy atom. The summed E-state index contributed by atoms with van der Waals surface area (Å²) in [6, 6.07) is 4.92. The number of likely N-dealkylation sites (tertiary alicyclic amines) is 1. The van der Waals surface area contributed by atoms with Crippen LogP contribution in [0.25, 0.3) is 22.2 Å². The van der Waals surface area contributed by atoms with Gasteiger partial charge < -0.3 is 15.5 Å². The lowest BCUT2D eigenvalue weighted by atomic mass is 10.0. The van der Waals surface area contributed by atoms with E-state index in [-0.39, 0.29) is 11.8 Å². The maximum Gasteiger partial charge on any atom is 0.228 e. The van der Waals surface area contributed by atoms with Gasteiger partial charge in [-0.1, -0.05) is 12.8 Å². The molecule has 3 aromatic rings. The van der Waals surface area contributed by atoms with E-state index in [4.69, 9.17) is 4.98 Å². The van der Waals surface area contributed by atoms with Gasteiger partial charge in [-0.3, -0.25) is 14.8 Å². The van der Waals surface area contributed by atoms with Crippen LogP contribution in [0.5, 0.6) is 0 Å². The zero-order valence-corrected chi connectivity index (χ0v) is 20.0. The summed E-state index contributed by atoms with van der Waals surface area (Å²) >= 11 is 0. The number of amides is 1. The van der Waals surface area contributed by atoms with Crippen molar-refractivity contribution in [2.45, 2.75) is 64.5 Å². The molecule has 0 spiro atoms. The van der Waals surface area contributed by atoms with E-state index in [1.54, 1.807) is 24.8 Å². The first-order chi connectivity index (χ1) is 16.5. The molecular formula is C26H33N7O. The van der Waals surface area contributed by atoms with Crippen molar-refractivity contribution in [2.75, 3.05) is 23.7 Å². The fourth-order valence-corrected chi connectivity index (χ4v) is 5.00. The van der Waals surface area contributed by atoms with Crippen molar-refractivity contribution in [3.8, 4) is 11.3 Å². The highest BCUT2D eigenvalue weighted by atomic mass is 16.1. The van der Waals surface area contributed by atoms with E-state index in [1.165, 1.54) is 0 Å². The molecule has 0 radical (unpaired) electrons. The zero-order valence-electron chi connectivity index (χ0n) is 20.0. The Balaban J connectivity index is 1.30. The minimum atomic E-state index is 0.0670. The lowest BCUT2D eigenvalue weighted by Crippen LogP contribution is -2.42. The van der Waals surface area contributed by atoms with Gasteiger partial charge in [-0.2, -0.15) is 0 Å². The minimum absolute atomic E-state index is 0.0670. The second-order valence-electron chi connectivity index (χ2n) is 9.79. The summed E-state index contributed by atoms with van der Waals surface area (Å²) in [5.41, 5.74) is 2.44. The molecule has 1 amide bonds. The van der Waals surface area contributed by atoms with Crippen molar-refractivity contribution >= 4 is 28.4 Å². The molecule has 0 aromatic carbocycles. The number of nitrogens with one attached hydrogen (secondary N) is 2. The second-order valence-corrected chi connectivity index (χ2v) is 9.79. The standard InChI is InChI=1S/C26H33N7O/c1-17(2)33-9-7-21(8-10-33)30-25-16-27-14-23(31-25)20-11-19-12-24(29-15-22(19)28-13-20)32-26(34)18-5-3-4-6-18/h11-18,21H,3-10H2,1-2H3,(H,30,31)(H,29,32,34). The SMILES string of the molecule is CC(C)N1CCC(Nc2cncc(-c3cnc4cnc(NC(=O)C5CCCC5)cc4c3)n2)CC1.